The zero-order chi connectivity index (χ0) is 21.4. The summed E-state index contributed by atoms with van der Waals surface area (Å²) in [4.78, 5) is 35.9. The SMILES string of the molecule is CC(C)(C)OC(=O)Nc1cccc(C(=O)OCC(=O)Nc2ccc(C#N)cc2)c1. The van der Waals surface area contributed by atoms with Crippen molar-refractivity contribution in [2.45, 2.75) is 26.4 Å². The number of nitrogens with one attached hydrogen (secondary N) is 2. The normalized spacial score (nSPS) is 10.4. The largest absolute Gasteiger partial charge is 0.452 e. The zero-order valence-corrected chi connectivity index (χ0v) is 16.3. The van der Waals surface area contributed by atoms with Gasteiger partial charge in [-0.2, -0.15) is 5.26 Å². The molecule has 0 fully saturated rings. The Hall–Kier alpha value is -3.86. The Morgan fingerprint density at radius 2 is 1.69 bits per heavy atom. The van der Waals surface area contributed by atoms with E-state index in [4.69, 9.17) is 14.7 Å². The monoisotopic (exact) mass is 395 g/mol. The van der Waals surface area contributed by atoms with E-state index in [0.717, 1.165) is 0 Å². The second-order valence-corrected chi connectivity index (χ2v) is 7.02. The van der Waals surface area contributed by atoms with Gasteiger partial charge in [-0.25, -0.2) is 9.59 Å². The van der Waals surface area contributed by atoms with E-state index in [2.05, 4.69) is 10.6 Å². The standard InChI is InChI=1S/C21H21N3O5/c1-21(2,3)29-20(27)24-17-6-4-5-15(11-17)19(26)28-13-18(25)23-16-9-7-14(12-22)8-10-16/h4-11H,13H2,1-3H3,(H,23,25)(H,24,27). The van der Waals surface area contributed by atoms with Gasteiger partial charge in [0.2, 0.25) is 0 Å². The molecule has 0 aliphatic rings. The van der Waals surface area contributed by atoms with Crippen molar-refractivity contribution in [3.8, 4) is 6.07 Å². The van der Waals surface area contributed by atoms with Crippen molar-refractivity contribution < 1.29 is 23.9 Å². The number of ether oxygens (including phenoxy) is 2. The fourth-order valence-electron chi connectivity index (χ4n) is 2.18. The van der Waals surface area contributed by atoms with Gasteiger partial charge >= 0.3 is 12.1 Å². The maximum absolute atomic E-state index is 12.2. The molecule has 0 aliphatic carbocycles. The quantitative estimate of drug-likeness (QED) is 0.746. The van der Waals surface area contributed by atoms with E-state index in [0.29, 0.717) is 16.9 Å². The number of anilines is 2. The molecule has 0 saturated heterocycles. The van der Waals surface area contributed by atoms with E-state index < -0.39 is 30.2 Å². The predicted molar refractivity (Wildman–Crippen MR) is 106 cm³/mol. The molecule has 0 radical (unpaired) electrons. The van der Waals surface area contributed by atoms with Gasteiger partial charge in [-0.3, -0.25) is 10.1 Å². The van der Waals surface area contributed by atoms with Crippen molar-refractivity contribution >= 4 is 29.3 Å². The summed E-state index contributed by atoms with van der Waals surface area (Å²) in [6, 6.07) is 14.3. The van der Waals surface area contributed by atoms with Gasteiger partial charge in [-0.05, 0) is 63.2 Å². The highest BCUT2D eigenvalue weighted by Gasteiger charge is 2.17. The molecule has 0 bridgehead atoms. The van der Waals surface area contributed by atoms with Crippen LogP contribution in [0.1, 0.15) is 36.7 Å². The average molecular weight is 395 g/mol. The molecule has 0 unspecified atom stereocenters. The van der Waals surface area contributed by atoms with Gasteiger partial charge in [0.25, 0.3) is 5.91 Å². The van der Waals surface area contributed by atoms with Crippen LogP contribution in [0.3, 0.4) is 0 Å². The number of esters is 1. The first-order chi connectivity index (χ1) is 13.7. The highest BCUT2D eigenvalue weighted by Crippen LogP contribution is 2.15. The molecule has 0 aromatic heterocycles. The molecular weight excluding hydrogens is 374 g/mol. The van der Waals surface area contributed by atoms with Crippen molar-refractivity contribution in [3.63, 3.8) is 0 Å². The first kappa shape index (κ1) is 21.4. The highest BCUT2D eigenvalue weighted by atomic mass is 16.6. The smallest absolute Gasteiger partial charge is 0.412 e. The number of rotatable bonds is 5. The Bertz CT molecular complexity index is 940. The molecule has 0 saturated carbocycles. The second-order valence-electron chi connectivity index (χ2n) is 7.02. The van der Waals surface area contributed by atoms with Gasteiger partial charge in [0.1, 0.15) is 5.60 Å². The van der Waals surface area contributed by atoms with Crippen molar-refractivity contribution in [1.29, 1.82) is 5.26 Å². The molecule has 0 heterocycles. The van der Waals surface area contributed by atoms with Crippen molar-refractivity contribution in [3.05, 3.63) is 59.7 Å². The number of nitrogens with zero attached hydrogens (tertiary/aromatic N) is 1. The van der Waals surface area contributed by atoms with Crippen molar-refractivity contribution in [2.24, 2.45) is 0 Å². The Balaban J connectivity index is 1.89. The fourth-order valence-corrected chi connectivity index (χ4v) is 2.18. The summed E-state index contributed by atoms with van der Waals surface area (Å²) in [5, 5.41) is 13.8. The second kappa shape index (κ2) is 9.37. The molecule has 2 aromatic rings. The first-order valence-electron chi connectivity index (χ1n) is 8.73. The predicted octanol–water partition coefficient (Wildman–Crippen LogP) is 3.70. The molecule has 0 aliphatic heterocycles. The van der Waals surface area contributed by atoms with E-state index >= 15 is 0 Å². The topological polar surface area (TPSA) is 118 Å². The number of benzene rings is 2. The minimum absolute atomic E-state index is 0.171. The van der Waals surface area contributed by atoms with Crippen LogP contribution in [0.5, 0.6) is 0 Å². The number of nitriles is 1. The average Bonchev–Trinajstić information content (AvgIpc) is 2.65. The number of hydrogen-bond donors (Lipinski definition) is 2. The molecular formula is C21H21N3O5. The summed E-state index contributed by atoms with van der Waals surface area (Å²) >= 11 is 0. The molecule has 29 heavy (non-hydrogen) atoms. The molecule has 2 amide bonds. The Morgan fingerprint density at radius 3 is 2.31 bits per heavy atom. The molecule has 2 aromatic carbocycles. The summed E-state index contributed by atoms with van der Waals surface area (Å²) in [6.45, 7) is 4.73. The maximum Gasteiger partial charge on any atom is 0.412 e. The van der Waals surface area contributed by atoms with Crippen LogP contribution < -0.4 is 10.6 Å². The lowest BCUT2D eigenvalue weighted by Gasteiger charge is -2.19. The van der Waals surface area contributed by atoms with Crippen LogP contribution in [0.15, 0.2) is 48.5 Å². The summed E-state index contributed by atoms with van der Waals surface area (Å²) in [6.07, 6.45) is -0.648. The Kier molecular flexibility index (Phi) is 6.93. The molecule has 150 valence electrons. The lowest BCUT2D eigenvalue weighted by atomic mass is 10.2. The number of carbonyl (C=O) groups is 3. The molecule has 8 heteroatoms. The number of amides is 2. The number of hydrogen-bond acceptors (Lipinski definition) is 6. The van der Waals surface area contributed by atoms with E-state index in [1.807, 2.05) is 6.07 Å². The molecule has 2 N–H and O–H groups in total. The third kappa shape index (κ3) is 7.34. The van der Waals surface area contributed by atoms with E-state index in [-0.39, 0.29) is 5.56 Å². The van der Waals surface area contributed by atoms with Crippen LogP contribution in [0.25, 0.3) is 0 Å². The third-order valence-corrected chi connectivity index (χ3v) is 3.38. The minimum atomic E-state index is -0.715. The van der Waals surface area contributed by atoms with Crippen LogP contribution in [0.4, 0.5) is 16.2 Å². The van der Waals surface area contributed by atoms with Crippen LogP contribution >= 0.6 is 0 Å². The lowest BCUT2D eigenvalue weighted by Crippen LogP contribution is -2.27. The van der Waals surface area contributed by atoms with Gasteiger partial charge in [0.05, 0.1) is 17.2 Å². The van der Waals surface area contributed by atoms with E-state index in [1.165, 1.54) is 12.1 Å². The highest BCUT2D eigenvalue weighted by molar-refractivity contribution is 5.96. The van der Waals surface area contributed by atoms with Gasteiger partial charge in [-0.1, -0.05) is 6.07 Å². The summed E-state index contributed by atoms with van der Waals surface area (Å²) in [7, 11) is 0. The van der Waals surface area contributed by atoms with Crippen LogP contribution in [-0.4, -0.2) is 30.2 Å². The zero-order valence-electron chi connectivity index (χ0n) is 16.3. The van der Waals surface area contributed by atoms with Crippen molar-refractivity contribution in [2.75, 3.05) is 17.2 Å². The van der Waals surface area contributed by atoms with Crippen LogP contribution in [0.2, 0.25) is 0 Å². The minimum Gasteiger partial charge on any atom is -0.452 e. The fraction of sp³-hybridized carbons (Fsp3) is 0.238. The molecule has 0 spiro atoms. The summed E-state index contributed by atoms with van der Waals surface area (Å²) < 4.78 is 10.2. The molecule has 2 rings (SSSR count). The summed E-state index contributed by atoms with van der Waals surface area (Å²) in [5.74, 6) is -1.24. The third-order valence-electron chi connectivity index (χ3n) is 3.38. The van der Waals surface area contributed by atoms with Gasteiger partial charge in [-0.15, -0.1) is 0 Å². The van der Waals surface area contributed by atoms with E-state index in [1.54, 1.807) is 57.2 Å². The van der Waals surface area contributed by atoms with Gasteiger partial charge in [0, 0.05) is 11.4 Å². The Labute approximate surface area is 168 Å². The molecule has 8 nitrogen and oxygen atoms in total. The van der Waals surface area contributed by atoms with Gasteiger partial charge < -0.3 is 14.8 Å². The van der Waals surface area contributed by atoms with Crippen molar-refractivity contribution in [1.82, 2.24) is 0 Å². The summed E-state index contributed by atoms with van der Waals surface area (Å²) in [5.41, 5.74) is 0.825. The maximum atomic E-state index is 12.2. The molecule has 0 atom stereocenters. The lowest BCUT2D eigenvalue weighted by molar-refractivity contribution is -0.119. The van der Waals surface area contributed by atoms with Gasteiger partial charge in [0.15, 0.2) is 6.61 Å². The van der Waals surface area contributed by atoms with E-state index in [9.17, 15) is 14.4 Å². The van der Waals surface area contributed by atoms with Crippen LogP contribution in [-0.2, 0) is 14.3 Å². The number of carbonyl (C=O) groups excluding carboxylic acids is 3. The van der Waals surface area contributed by atoms with Crippen LogP contribution in [0, 0.1) is 11.3 Å². The Morgan fingerprint density at radius 1 is 1.00 bits per heavy atom. The first-order valence-corrected chi connectivity index (χ1v) is 8.73.